The standard InChI is InChI=1S/C62H101N7O10/c1-7-12-17-21-25-30-34-53(69-61(76)54(65-47(6)70)35-31-26-22-18-13-8-2)60(75)64-46-58(73)68-51-42-48(62(77)79-40-33-28-24-20-15-10-4)41-50(43-51)67-57(72)45-63-59(74)52-44-49(66-56(71)36-29-16-11-5)37-38-55(52)78-39-32-27-23-19-14-9-3/h37-38,41-44,53-54H,7-36,39-40,45-46H2,1-6H3,(H,63,74)(H,64,75)(H,65,70)(H,66,71)(H,67,72)(H,68,73)(H,69,76)/t53-,54-/m0/s1. The SMILES string of the molecule is CCCCCCCCOC(=O)c1cc(NC(=O)CNC(=O)c2cc(NC(=O)CCCCC)ccc2OCCCCCCCC)cc(NC(=O)CNC(=O)[C@H](CCCCCCCC)NC(=O)[C@H](CCCCCCCC)NC(C)=O)c1. The van der Waals surface area contributed by atoms with E-state index in [0.717, 1.165) is 154 Å². The second-order valence-electron chi connectivity index (χ2n) is 21.0. The second-order valence-corrected chi connectivity index (χ2v) is 21.0. The van der Waals surface area contributed by atoms with E-state index in [1.165, 1.54) is 37.6 Å². The van der Waals surface area contributed by atoms with Crippen LogP contribution in [0.25, 0.3) is 0 Å². The number of ether oxygens (including phenoxy) is 2. The Morgan fingerprint density at radius 1 is 0.443 bits per heavy atom. The Balaban J connectivity index is 2.29. The average molecular weight is 1100 g/mol. The molecular formula is C62H101N7O10. The van der Waals surface area contributed by atoms with Crippen LogP contribution >= 0.6 is 0 Å². The van der Waals surface area contributed by atoms with Gasteiger partial charge in [-0.25, -0.2) is 4.79 Å². The van der Waals surface area contributed by atoms with Gasteiger partial charge in [0.2, 0.25) is 35.4 Å². The van der Waals surface area contributed by atoms with Crippen LogP contribution in [0.5, 0.6) is 5.75 Å². The maximum Gasteiger partial charge on any atom is 0.338 e. The number of carbonyl (C=O) groups is 8. The van der Waals surface area contributed by atoms with Gasteiger partial charge in [-0.15, -0.1) is 0 Å². The van der Waals surface area contributed by atoms with Crippen LogP contribution in [0.4, 0.5) is 17.1 Å². The number of benzene rings is 2. The number of amides is 7. The van der Waals surface area contributed by atoms with Crippen LogP contribution in [0.3, 0.4) is 0 Å². The highest BCUT2D eigenvalue weighted by Crippen LogP contribution is 2.25. The molecule has 0 bridgehead atoms. The first kappa shape index (κ1) is 69.1. The van der Waals surface area contributed by atoms with Gasteiger partial charge in [0.15, 0.2) is 0 Å². The summed E-state index contributed by atoms with van der Waals surface area (Å²) in [6.45, 7) is 11.6. The van der Waals surface area contributed by atoms with Crippen LogP contribution in [0, 0.1) is 0 Å². The monoisotopic (exact) mass is 1100 g/mol. The summed E-state index contributed by atoms with van der Waals surface area (Å²) in [7, 11) is 0. The molecule has 0 aliphatic carbocycles. The Morgan fingerprint density at radius 3 is 1.43 bits per heavy atom. The zero-order valence-electron chi connectivity index (χ0n) is 49.2. The summed E-state index contributed by atoms with van der Waals surface area (Å²) in [5.74, 6) is -3.79. The Morgan fingerprint density at radius 2 is 0.899 bits per heavy atom. The molecule has 17 heteroatoms. The highest BCUT2D eigenvalue weighted by molar-refractivity contribution is 6.04. The number of hydrogen-bond acceptors (Lipinski definition) is 10. The lowest BCUT2D eigenvalue weighted by molar-refractivity contribution is -0.132. The summed E-state index contributed by atoms with van der Waals surface area (Å²) in [5.41, 5.74) is 0.858. The molecule has 2 aromatic carbocycles. The van der Waals surface area contributed by atoms with Crippen LogP contribution in [0.2, 0.25) is 0 Å². The minimum atomic E-state index is -0.964. The van der Waals surface area contributed by atoms with Crippen molar-refractivity contribution in [3.05, 3.63) is 47.5 Å². The van der Waals surface area contributed by atoms with Crippen LogP contribution in [-0.4, -0.2) is 85.7 Å². The first-order valence-corrected chi connectivity index (χ1v) is 30.4. The van der Waals surface area contributed by atoms with Gasteiger partial charge in [0, 0.05) is 30.4 Å². The maximum atomic E-state index is 13.8. The Bertz CT molecular complexity index is 2120. The molecule has 0 spiro atoms. The van der Waals surface area contributed by atoms with Gasteiger partial charge in [-0.05, 0) is 68.5 Å². The van der Waals surface area contributed by atoms with E-state index < -0.39 is 60.7 Å². The third-order valence-corrected chi connectivity index (χ3v) is 13.6. The van der Waals surface area contributed by atoms with Crippen molar-refractivity contribution >= 4 is 64.4 Å². The summed E-state index contributed by atoms with van der Waals surface area (Å²) < 4.78 is 11.7. The molecule has 2 atom stereocenters. The number of anilines is 3. The highest BCUT2D eigenvalue weighted by Gasteiger charge is 2.27. The number of rotatable bonds is 46. The van der Waals surface area contributed by atoms with Crippen molar-refractivity contribution in [2.24, 2.45) is 0 Å². The van der Waals surface area contributed by atoms with Gasteiger partial charge in [0.1, 0.15) is 17.8 Å². The Kier molecular flexibility index (Phi) is 38.3. The molecule has 0 saturated carbocycles. The van der Waals surface area contributed by atoms with Crippen molar-refractivity contribution < 1.29 is 47.8 Å². The van der Waals surface area contributed by atoms with Crippen LogP contribution in [0.15, 0.2) is 36.4 Å². The third kappa shape index (κ3) is 32.6. The number of hydrogen-bond donors (Lipinski definition) is 7. The Hall–Kier alpha value is -6.00. The van der Waals surface area contributed by atoms with Crippen molar-refractivity contribution in [1.82, 2.24) is 21.3 Å². The van der Waals surface area contributed by atoms with E-state index in [4.69, 9.17) is 9.47 Å². The van der Waals surface area contributed by atoms with Crippen molar-refractivity contribution in [2.75, 3.05) is 42.3 Å². The molecule has 0 unspecified atom stereocenters. The molecule has 7 amide bonds. The summed E-state index contributed by atoms with van der Waals surface area (Å²) >= 11 is 0. The van der Waals surface area contributed by atoms with Crippen molar-refractivity contribution in [3.63, 3.8) is 0 Å². The molecule has 7 N–H and O–H groups in total. The van der Waals surface area contributed by atoms with Crippen LogP contribution < -0.4 is 42.0 Å². The summed E-state index contributed by atoms with van der Waals surface area (Å²) in [6, 6.07) is 7.35. The molecule has 17 nitrogen and oxygen atoms in total. The van der Waals surface area contributed by atoms with Gasteiger partial charge in [0.25, 0.3) is 5.91 Å². The van der Waals surface area contributed by atoms with Crippen molar-refractivity contribution in [1.29, 1.82) is 0 Å². The molecule has 0 aliphatic rings. The fraction of sp³-hybridized carbons (Fsp3) is 0.677. The van der Waals surface area contributed by atoms with Gasteiger partial charge in [-0.2, -0.15) is 0 Å². The van der Waals surface area contributed by atoms with E-state index in [0.29, 0.717) is 50.1 Å². The van der Waals surface area contributed by atoms with Crippen molar-refractivity contribution in [3.8, 4) is 5.75 Å². The number of nitrogens with one attached hydrogen (secondary N) is 7. The van der Waals surface area contributed by atoms with Crippen molar-refractivity contribution in [2.45, 2.75) is 246 Å². The molecule has 0 radical (unpaired) electrons. The largest absolute Gasteiger partial charge is 0.493 e. The Labute approximate surface area is 473 Å². The van der Waals surface area contributed by atoms with E-state index in [9.17, 15) is 38.4 Å². The third-order valence-electron chi connectivity index (χ3n) is 13.6. The second kappa shape index (κ2) is 43.8. The molecule has 0 fully saturated rings. The fourth-order valence-corrected chi connectivity index (χ4v) is 9.02. The van der Waals surface area contributed by atoms with Gasteiger partial charge in [-0.1, -0.05) is 189 Å². The van der Waals surface area contributed by atoms with E-state index in [-0.39, 0.29) is 40.9 Å². The number of unbranched alkanes of at least 4 members (excludes halogenated alkanes) is 22. The maximum absolute atomic E-state index is 13.8. The number of esters is 1. The first-order valence-electron chi connectivity index (χ1n) is 30.4. The molecule has 0 heterocycles. The number of carbonyl (C=O) groups excluding carboxylic acids is 8. The topological polar surface area (TPSA) is 239 Å². The minimum Gasteiger partial charge on any atom is -0.493 e. The van der Waals surface area contributed by atoms with Gasteiger partial charge in [0.05, 0.1) is 37.4 Å². The summed E-state index contributed by atoms with van der Waals surface area (Å²) in [6.07, 6.45) is 27.8. The van der Waals surface area contributed by atoms with E-state index >= 15 is 0 Å². The summed E-state index contributed by atoms with van der Waals surface area (Å²) in [5, 5.41) is 19.2. The average Bonchev–Trinajstić information content (AvgIpc) is 3.42. The highest BCUT2D eigenvalue weighted by atomic mass is 16.5. The predicted octanol–water partition coefficient (Wildman–Crippen LogP) is 12.4. The zero-order chi connectivity index (χ0) is 57.9. The van der Waals surface area contributed by atoms with Crippen LogP contribution in [-0.2, 0) is 33.5 Å². The lowest BCUT2D eigenvalue weighted by atomic mass is 10.0. The lowest BCUT2D eigenvalue weighted by Crippen LogP contribution is -2.54. The van der Waals surface area contributed by atoms with Crippen LogP contribution in [0.1, 0.15) is 255 Å². The zero-order valence-corrected chi connectivity index (χ0v) is 49.2. The van der Waals surface area contributed by atoms with Gasteiger partial charge in [-0.3, -0.25) is 33.6 Å². The van der Waals surface area contributed by atoms with E-state index in [1.54, 1.807) is 12.1 Å². The fourth-order valence-electron chi connectivity index (χ4n) is 9.02. The molecule has 444 valence electrons. The molecule has 0 saturated heterocycles. The van der Waals surface area contributed by atoms with Gasteiger partial charge < -0.3 is 46.7 Å². The lowest BCUT2D eigenvalue weighted by Gasteiger charge is -2.23. The minimum absolute atomic E-state index is 0.0456. The predicted molar refractivity (Wildman–Crippen MR) is 316 cm³/mol. The molecular weight excluding hydrogens is 1000 g/mol. The quantitative estimate of drug-likeness (QED) is 0.0244. The molecule has 2 rings (SSSR count). The summed E-state index contributed by atoms with van der Waals surface area (Å²) in [4.78, 5) is 107. The smallest absolute Gasteiger partial charge is 0.338 e. The normalized spacial score (nSPS) is 11.7. The molecule has 0 aromatic heterocycles. The van der Waals surface area contributed by atoms with E-state index in [1.807, 2.05) is 0 Å². The first-order chi connectivity index (χ1) is 38.2. The molecule has 2 aromatic rings. The molecule has 79 heavy (non-hydrogen) atoms. The van der Waals surface area contributed by atoms with Gasteiger partial charge >= 0.3 is 5.97 Å². The molecule has 0 aliphatic heterocycles. The van der Waals surface area contributed by atoms with E-state index in [2.05, 4.69) is 71.8 Å².